The number of likely N-dealkylation sites (tertiary alicyclic amines) is 2. The second kappa shape index (κ2) is 17.3. The van der Waals surface area contributed by atoms with Gasteiger partial charge in [-0.1, -0.05) is 35.8 Å². The third kappa shape index (κ3) is 8.77. The molecule has 19 heteroatoms. The molecule has 0 bridgehead atoms. The summed E-state index contributed by atoms with van der Waals surface area (Å²) in [6, 6.07) is 13.2. The van der Waals surface area contributed by atoms with Crippen molar-refractivity contribution in [3.05, 3.63) is 93.6 Å². The molecule has 63 heavy (non-hydrogen) atoms. The number of aromatic nitrogens is 4. The number of halogens is 4. The van der Waals surface area contributed by atoms with Crippen molar-refractivity contribution >= 4 is 23.7 Å². The number of hydrogen-bond donors (Lipinski definition) is 4. The first-order chi connectivity index (χ1) is 29.3. The Labute approximate surface area is 359 Å². The first-order valence-corrected chi connectivity index (χ1v) is 20.0. The number of carbonyl (C=O) groups is 4. The summed E-state index contributed by atoms with van der Waals surface area (Å²) >= 11 is 0. The highest BCUT2D eigenvalue weighted by Crippen LogP contribution is 2.44. The fraction of sp³-hybridized carbons (Fsp3) is 0.409. The summed E-state index contributed by atoms with van der Waals surface area (Å²) in [4.78, 5) is 51.1. The summed E-state index contributed by atoms with van der Waals surface area (Å²) in [6.07, 6.45) is 0.888. The summed E-state index contributed by atoms with van der Waals surface area (Å²) in [5.74, 6) is 1.70. The Morgan fingerprint density at radius 1 is 0.746 bits per heavy atom. The van der Waals surface area contributed by atoms with Crippen molar-refractivity contribution in [2.45, 2.75) is 81.3 Å². The first-order valence-electron chi connectivity index (χ1n) is 20.0. The average molecular weight is 875 g/mol. The summed E-state index contributed by atoms with van der Waals surface area (Å²) in [6.45, 7) is 2.47. The van der Waals surface area contributed by atoms with Crippen LogP contribution in [0.1, 0.15) is 100 Å². The van der Waals surface area contributed by atoms with Crippen molar-refractivity contribution < 1.29 is 51.7 Å². The number of nitrogens with two attached hydrogens (primary N) is 1. The third-order valence-corrected chi connectivity index (χ3v) is 11.2. The molecule has 2 aliphatic carbocycles. The molecule has 2 atom stereocenters. The summed E-state index contributed by atoms with van der Waals surface area (Å²) in [5, 5.41) is 29.2. The molecule has 2 aromatic carbocycles. The van der Waals surface area contributed by atoms with Gasteiger partial charge in [0.1, 0.15) is 0 Å². The normalized spacial score (nSPS) is 21.7. The third-order valence-electron chi connectivity index (χ3n) is 11.2. The number of primary amides is 1. The van der Waals surface area contributed by atoms with E-state index in [-0.39, 0.29) is 73.9 Å². The molecular formula is C44H46F4N8O7. The summed E-state index contributed by atoms with van der Waals surface area (Å²) in [7, 11) is 3.19. The van der Waals surface area contributed by atoms with E-state index in [2.05, 4.69) is 33.9 Å². The number of amides is 3. The highest BCUT2D eigenvalue weighted by Gasteiger charge is 2.46. The molecule has 15 nitrogen and oxygen atoms in total. The summed E-state index contributed by atoms with van der Waals surface area (Å²) < 4.78 is 66.0. The maximum atomic E-state index is 14.7. The Morgan fingerprint density at radius 2 is 1.17 bits per heavy atom. The SMILES string of the molecule is CCOC(=O)c1nn(-c2cccc(C#C[C@]3(O)CCN(C)C3=O)c2)c2c1C(F)(F)CCC2.CN1CC[C@@](O)(C#Cc2cccc(-n3nc(C(N)=O)c4c3CCCC4(F)F)c2)C1=O.N. The fourth-order valence-corrected chi connectivity index (χ4v) is 8.01. The van der Waals surface area contributed by atoms with Gasteiger partial charge in [-0.15, -0.1) is 0 Å². The smallest absolute Gasteiger partial charge is 0.359 e. The maximum Gasteiger partial charge on any atom is 0.359 e. The van der Waals surface area contributed by atoms with Crippen LogP contribution >= 0.6 is 0 Å². The second-order valence-corrected chi connectivity index (χ2v) is 15.6. The van der Waals surface area contributed by atoms with Crippen molar-refractivity contribution in [2.75, 3.05) is 33.8 Å². The lowest BCUT2D eigenvalue weighted by molar-refractivity contribution is -0.138. The van der Waals surface area contributed by atoms with Gasteiger partial charge in [0.15, 0.2) is 11.4 Å². The molecule has 4 aromatic rings. The number of alkyl halides is 4. The van der Waals surface area contributed by atoms with E-state index < -0.39 is 58.0 Å². The van der Waals surface area contributed by atoms with Gasteiger partial charge in [0.2, 0.25) is 11.2 Å². The zero-order chi connectivity index (χ0) is 44.8. The fourth-order valence-electron chi connectivity index (χ4n) is 8.01. The zero-order valence-corrected chi connectivity index (χ0v) is 34.8. The number of rotatable bonds is 5. The van der Waals surface area contributed by atoms with Gasteiger partial charge in [0, 0.05) is 64.0 Å². The van der Waals surface area contributed by atoms with Crippen molar-refractivity contribution in [3.8, 4) is 35.1 Å². The van der Waals surface area contributed by atoms with Gasteiger partial charge in [0.25, 0.3) is 29.6 Å². The van der Waals surface area contributed by atoms with Gasteiger partial charge < -0.3 is 36.6 Å². The molecule has 7 N–H and O–H groups in total. The van der Waals surface area contributed by atoms with Crippen LogP contribution in [0.2, 0.25) is 0 Å². The molecule has 0 radical (unpaired) electrons. The van der Waals surface area contributed by atoms with Crippen LogP contribution in [0.25, 0.3) is 11.4 Å². The van der Waals surface area contributed by atoms with E-state index in [0.717, 1.165) is 0 Å². The highest BCUT2D eigenvalue weighted by atomic mass is 19.3. The highest BCUT2D eigenvalue weighted by molar-refractivity contribution is 5.93. The Hall–Kier alpha value is -6.54. The van der Waals surface area contributed by atoms with Gasteiger partial charge in [-0.3, -0.25) is 14.4 Å². The van der Waals surface area contributed by atoms with Gasteiger partial charge in [0.05, 0.1) is 40.5 Å². The molecule has 4 heterocycles. The first kappa shape index (κ1) is 46.0. The van der Waals surface area contributed by atoms with E-state index in [4.69, 9.17) is 10.5 Å². The van der Waals surface area contributed by atoms with Crippen molar-refractivity contribution in [1.29, 1.82) is 0 Å². The number of carbonyl (C=O) groups excluding carboxylic acids is 4. The molecule has 0 spiro atoms. The molecule has 2 aliphatic heterocycles. The molecule has 332 valence electrons. The van der Waals surface area contributed by atoms with Crippen LogP contribution < -0.4 is 11.9 Å². The molecule has 4 aliphatic rings. The van der Waals surface area contributed by atoms with Gasteiger partial charge >= 0.3 is 5.97 Å². The zero-order valence-electron chi connectivity index (χ0n) is 34.8. The lowest BCUT2D eigenvalue weighted by Gasteiger charge is -2.23. The average Bonchev–Trinajstić information content (AvgIpc) is 3.97. The minimum absolute atomic E-state index is 0. The predicted octanol–water partition coefficient (Wildman–Crippen LogP) is 3.93. The minimum Gasteiger partial charge on any atom is -0.461 e. The Balaban J connectivity index is 0.000000207. The van der Waals surface area contributed by atoms with Gasteiger partial charge in [-0.05, 0) is 69.0 Å². The molecule has 3 amide bonds. The van der Waals surface area contributed by atoms with Crippen molar-refractivity contribution in [1.82, 2.24) is 35.5 Å². The molecule has 2 saturated heterocycles. The van der Waals surface area contributed by atoms with Crippen molar-refractivity contribution in [3.63, 3.8) is 0 Å². The molecule has 0 saturated carbocycles. The van der Waals surface area contributed by atoms with E-state index in [1.54, 1.807) is 69.6 Å². The molecule has 8 rings (SSSR count). The topological polar surface area (TPSA) is 221 Å². The van der Waals surface area contributed by atoms with E-state index >= 15 is 0 Å². The standard InChI is InChI=1S/C23H23F2N3O4.C21H20F2N4O3.H3N/c1-3-32-20(29)19-18-17(8-5-10-23(18,24)25)28(26-19)16-7-4-6-15(14-16)9-11-22(31)12-13-27(2)21(22)30;1-26-11-10-20(30,19(26)29)9-7-13-4-2-5-14(12-13)27-15-6-3-8-21(22,23)16(15)17(25-27)18(24)28;/h4,6-7,14,31H,3,5,8,10,12-13H2,1-2H3;2,4-5,12,30H,3,6,8,10-11H2,1H3,(H2,24,28);1H3/t22-;20-;/m00./s1. The molecular weight excluding hydrogens is 829 g/mol. The number of aliphatic hydroxyl groups is 2. The van der Waals surface area contributed by atoms with Gasteiger partial charge in [-0.25, -0.2) is 31.7 Å². The lowest BCUT2D eigenvalue weighted by atomic mass is 9.91. The van der Waals surface area contributed by atoms with Crippen LogP contribution in [0.4, 0.5) is 17.6 Å². The number of fused-ring (bicyclic) bond motifs is 2. The molecule has 0 unspecified atom stereocenters. The minimum atomic E-state index is -3.18. The van der Waals surface area contributed by atoms with E-state index in [9.17, 15) is 47.0 Å². The van der Waals surface area contributed by atoms with Gasteiger partial charge in [-0.2, -0.15) is 10.2 Å². The van der Waals surface area contributed by atoms with E-state index in [0.29, 0.717) is 48.4 Å². The Morgan fingerprint density at radius 3 is 1.57 bits per heavy atom. The van der Waals surface area contributed by atoms with Crippen LogP contribution in [-0.4, -0.2) is 108 Å². The van der Waals surface area contributed by atoms with E-state index in [1.165, 1.54) is 19.2 Å². The quantitative estimate of drug-likeness (QED) is 0.129. The summed E-state index contributed by atoms with van der Waals surface area (Å²) in [5.41, 5.74) is 2.56. The number of likely N-dealkylation sites (N-methyl/N-ethyl adjacent to an activating group) is 2. The maximum absolute atomic E-state index is 14.7. The van der Waals surface area contributed by atoms with Crippen molar-refractivity contribution in [2.24, 2.45) is 5.73 Å². The number of ether oxygens (including phenoxy) is 1. The van der Waals surface area contributed by atoms with Crippen LogP contribution in [0, 0.1) is 23.7 Å². The van der Waals surface area contributed by atoms with Crippen LogP contribution in [0.15, 0.2) is 48.5 Å². The second-order valence-electron chi connectivity index (χ2n) is 15.6. The van der Waals surface area contributed by atoms with Crippen LogP contribution in [0.3, 0.4) is 0 Å². The number of nitrogens with zero attached hydrogens (tertiary/aromatic N) is 6. The Bertz CT molecular complexity index is 2620. The predicted molar refractivity (Wildman–Crippen MR) is 218 cm³/mol. The Kier molecular flexibility index (Phi) is 12.6. The monoisotopic (exact) mass is 874 g/mol. The van der Waals surface area contributed by atoms with Crippen LogP contribution in [-0.2, 0) is 39.0 Å². The molecule has 2 aromatic heterocycles. The largest absolute Gasteiger partial charge is 0.461 e. The van der Waals surface area contributed by atoms with Crippen LogP contribution in [0.5, 0.6) is 0 Å². The molecule has 2 fully saturated rings. The number of esters is 1. The lowest BCUT2D eigenvalue weighted by Crippen LogP contribution is -2.37. The number of benzene rings is 2. The number of hydrogen-bond acceptors (Lipinski definition) is 10. The van der Waals surface area contributed by atoms with E-state index in [1.807, 2.05) is 0 Å².